The van der Waals surface area contributed by atoms with Gasteiger partial charge in [0.15, 0.2) is 0 Å². The lowest BCUT2D eigenvalue weighted by Gasteiger charge is -2.13. The van der Waals surface area contributed by atoms with Crippen molar-refractivity contribution in [1.82, 2.24) is 9.55 Å². The van der Waals surface area contributed by atoms with E-state index in [1.807, 2.05) is 24.3 Å². The number of ether oxygens (including phenoxy) is 1. The lowest BCUT2D eigenvalue weighted by Crippen LogP contribution is -2.09. The summed E-state index contributed by atoms with van der Waals surface area (Å²) in [6, 6.07) is 10.7. The average molecular weight is 302 g/mol. The average Bonchev–Trinajstić information content (AvgIpc) is 2.89. The van der Waals surface area contributed by atoms with Crippen molar-refractivity contribution >= 4 is 34.3 Å². The van der Waals surface area contributed by atoms with Crippen LogP contribution in [0.1, 0.15) is 10.4 Å². The van der Waals surface area contributed by atoms with Gasteiger partial charge in [-0.15, -0.1) is 0 Å². The molecule has 5 nitrogen and oxygen atoms in total. The number of nitrogens with two attached hydrogens (primary N) is 1. The van der Waals surface area contributed by atoms with Crippen LogP contribution in [0.2, 0.25) is 5.02 Å². The molecular formula is C15H12ClN3O2. The van der Waals surface area contributed by atoms with Gasteiger partial charge in [-0.25, -0.2) is 9.78 Å². The largest absolute Gasteiger partial charge is 0.465 e. The molecule has 2 aromatic carbocycles. The van der Waals surface area contributed by atoms with Gasteiger partial charge in [0.25, 0.3) is 0 Å². The normalized spacial score (nSPS) is 10.8. The monoisotopic (exact) mass is 301 g/mol. The Morgan fingerprint density at radius 1 is 1.33 bits per heavy atom. The van der Waals surface area contributed by atoms with Crippen molar-refractivity contribution in [3.63, 3.8) is 0 Å². The number of fused-ring (bicyclic) bond motifs is 1. The van der Waals surface area contributed by atoms with E-state index in [4.69, 9.17) is 22.1 Å². The van der Waals surface area contributed by atoms with E-state index in [-0.39, 0.29) is 0 Å². The molecule has 2 N–H and O–H groups in total. The van der Waals surface area contributed by atoms with Crippen LogP contribution in [-0.2, 0) is 4.74 Å². The van der Waals surface area contributed by atoms with Crippen molar-refractivity contribution in [2.45, 2.75) is 0 Å². The fourth-order valence-electron chi connectivity index (χ4n) is 2.27. The molecule has 106 valence electrons. The third kappa shape index (κ3) is 2.21. The summed E-state index contributed by atoms with van der Waals surface area (Å²) in [5, 5.41) is 0.360. The molecule has 0 atom stereocenters. The van der Waals surface area contributed by atoms with Crippen molar-refractivity contribution in [2.75, 3.05) is 12.8 Å². The van der Waals surface area contributed by atoms with Crippen LogP contribution in [0.15, 0.2) is 42.7 Å². The van der Waals surface area contributed by atoms with Crippen molar-refractivity contribution in [2.24, 2.45) is 0 Å². The molecule has 1 heterocycles. The topological polar surface area (TPSA) is 70.1 Å². The smallest absolute Gasteiger partial charge is 0.340 e. The Balaban J connectivity index is 2.34. The highest BCUT2D eigenvalue weighted by Crippen LogP contribution is 2.30. The molecule has 1 aromatic heterocycles. The summed E-state index contributed by atoms with van der Waals surface area (Å²) in [6.07, 6.45) is 1.62. The second-order valence-corrected chi connectivity index (χ2v) is 4.90. The van der Waals surface area contributed by atoms with Gasteiger partial charge in [-0.05, 0) is 24.3 Å². The van der Waals surface area contributed by atoms with E-state index in [0.29, 0.717) is 22.0 Å². The fourth-order valence-corrected chi connectivity index (χ4v) is 2.59. The number of hydrogen-bond donors (Lipinski definition) is 1. The van der Waals surface area contributed by atoms with Gasteiger partial charge in [0.1, 0.15) is 6.33 Å². The van der Waals surface area contributed by atoms with Gasteiger partial charge in [0.05, 0.1) is 34.4 Å². The first-order valence-electron chi connectivity index (χ1n) is 6.21. The number of carbonyl (C=O) groups excluding carboxylic acids is 1. The summed E-state index contributed by atoms with van der Waals surface area (Å²) in [7, 11) is 1.31. The van der Waals surface area contributed by atoms with Gasteiger partial charge in [-0.3, -0.25) is 4.57 Å². The first-order valence-corrected chi connectivity index (χ1v) is 6.59. The number of methoxy groups -OCH3 is 1. The Morgan fingerprint density at radius 3 is 2.86 bits per heavy atom. The van der Waals surface area contributed by atoms with Crippen molar-refractivity contribution in [1.29, 1.82) is 0 Å². The lowest BCUT2D eigenvalue weighted by atomic mass is 10.1. The number of benzene rings is 2. The number of rotatable bonds is 2. The van der Waals surface area contributed by atoms with Crippen LogP contribution in [0.5, 0.6) is 0 Å². The molecule has 0 unspecified atom stereocenters. The van der Waals surface area contributed by atoms with Crippen LogP contribution in [0.3, 0.4) is 0 Å². The Morgan fingerprint density at radius 2 is 2.10 bits per heavy atom. The molecule has 0 saturated carbocycles. The number of imidazole rings is 1. The first kappa shape index (κ1) is 13.5. The summed E-state index contributed by atoms with van der Waals surface area (Å²) in [4.78, 5) is 16.3. The predicted molar refractivity (Wildman–Crippen MR) is 81.8 cm³/mol. The van der Waals surface area contributed by atoms with E-state index in [2.05, 4.69) is 4.98 Å². The minimum atomic E-state index is -0.503. The zero-order chi connectivity index (χ0) is 15.0. The standard InChI is InChI=1S/C15H12ClN3O2/c1-21-15(20)10-6-9(17)7-11(16)14(10)19-8-18-12-4-2-3-5-13(12)19/h2-8H,17H2,1H3. The molecular weight excluding hydrogens is 290 g/mol. The second kappa shape index (κ2) is 5.10. The van der Waals surface area contributed by atoms with E-state index >= 15 is 0 Å². The van der Waals surface area contributed by atoms with Crippen LogP contribution in [0, 0.1) is 0 Å². The molecule has 21 heavy (non-hydrogen) atoms. The molecule has 3 aromatic rings. The SMILES string of the molecule is COC(=O)c1cc(N)cc(Cl)c1-n1cnc2ccccc21. The molecule has 0 saturated heterocycles. The van der Waals surface area contributed by atoms with Crippen LogP contribution < -0.4 is 5.73 Å². The number of esters is 1. The Bertz CT molecular complexity index is 842. The van der Waals surface area contributed by atoms with Gasteiger partial charge in [0, 0.05) is 5.69 Å². The third-order valence-corrected chi connectivity index (χ3v) is 3.47. The Labute approximate surface area is 125 Å². The quantitative estimate of drug-likeness (QED) is 0.583. The second-order valence-electron chi connectivity index (χ2n) is 4.49. The van der Waals surface area contributed by atoms with Crippen LogP contribution in [0.25, 0.3) is 16.7 Å². The minimum absolute atomic E-state index is 0.297. The molecule has 3 rings (SSSR count). The van der Waals surface area contributed by atoms with Gasteiger partial charge in [-0.1, -0.05) is 23.7 Å². The number of nitrogen functional groups attached to an aromatic ring is 1. The Hall–Kier alpha value is -2.53. The molecule has 0 amide bonds. The zero-order valence-corrected chi connectivity index (χ0v) is 12.0. The summed E-state index contributed by atoms with van der Waals surface area (Å²) >= 11 is 6.29. The number of nitrogens with zero attached hydrogens (tertiary/aromatic N) is 2. The summed E-state index contributed by atoms with van der Waals surface area (Å²) < 4.78 is 6.56. The highest BCUT2D eigenvalue weighted by molar-refractivity contribution is 6.33. The molecule has 6 heteroatoms. The summed E-state index contributed by atoms with van der Waals surface area (Å²) in [5.74, 6) is -0.503. The molecule has 0 bridgehead atoms. The van der Waals surface area contributed by atoms with Gasteiger partial charge in [0.2, 0.25) is 0 Å². The van der Waals surface area contributed by atoms with E-state index in [0.717, 1.165) is 11.0 Å². The van der Waals surface area contributed by atoms with Crippen LogP contribution in [-0.4, -0.2) is 22.6 Å². The number of anilines is 1. The van der Waals surface area contributed by atoms with Crippen molar-refractivity contribution in [3.8, 4) is 5.69 Å². The molecule has 0 fully saturated rings. The van der Waals surface area contributed by atoms with E-state index < -0.39 is 5.97 Å². The van der Waals surface area contributed by atoms with Gasteiger partial charge in [-0.2, -0.15) is 0 Å². The lowest BCUT2D eigenvalue weighted by molar-refractivity contribution is 0.0601. The minimum Gasteiger partial charge on any atom is -0.465 e. The fraction of sp³-hybridized carbons (Fsp3) is 0.0667. The first-order chi connectivity index (χ1) is 10.1. The van der Waals surface area contributed by atoms with E-state index in [9.17, 15) is 4.79 Å². The Kier molecular flexibility index (Phi) is 3.27. The number of para-hydroxylation sites is 2. The maximum absolute atomic E-state index is 12.0. The van der Waals surface area contributed by atoms with Gasteiger partial charge < -0.3 is 10.5 Å². The maximum Gasteiger partial charge on any atom is 0.340 e. The van der Waals surface area contributed by atoms with Gasteiger partial charge >= 0.3 is 5.97 Å². The zero-order valence-electron chi connectivity index (χ0n) is 11.2. The molecule has 0 aliphatic heterocycles. The molecule has 0 aliphatic carbocycles. The van der Waals surface area contributed by atoms with E-state index in [1.54, 1.807) is 23.0 Å². The van der Waals surface area contributed by atoms with Crippen LogP contribution >= 0.6 is 11.6 Å². The number of aromatic nitrogens is 2. The molecule has 0 spiro atoms. The molecule has 0 aliphatic rings. The number of hydrogen-bond acceptors (Lipinski definition) is 4. The predicted octanol–water partition coefficient (Wildman–Crippen LogP) is 3.05. The highest BCUT2D eigenvalue weighted by Gasteiger charge is 2.19. The molecule has 0 radical (unpaired) electrons. The third-order valence-electron chi connectivity index (χ3n) is 3.19. The summed E-state index contributed by atoms with van der Waals surface area (Å²) in [5.41, 5.74) is 8.62. The van der Waals surface area contributed by atoms with Crippen molar-refractivity contribution in [3.05, 3.63) is 53.3 Å². The maximum atomic E-state index is 12.0. The highest BCUT2D eigenvalue weighted by atomic mass is 35.5. The van der Waals surface area contributed by atoms with Crippen LogP contribution in [0.4, 0.5) is 5.69 Å². The van der Waals surface area contributed by atoms with E-state index in [1.165, 1.54) is 7.11 Å². The van der Waals surface area contributed by atoms with Crippen molar-refractivity contribution < 1.29 is 9.53 Å². The number of halogens is 1. The summed E-state index contributed by atoms with van der Waals surface area (Å²) in [6.45, 7) is 0. The number of carbonyl (C=O) groups is 1.